The maximum atomic E-state index is 12.5. The molecule has 1 aromatic carbocycles. The molecule has 1 aliphatic carbocycles. The second-order valence-electron chi connectivity index (χ2n) is 5.29. The first-order chi connectivity index (χ1) is 9.44. The van der Waals surface area contributed by atoms with E-state index < -0.39 is 10.0 Å². The van der Waals surface area contributed by atoms with Crippen LogP contribution in [-0.4, -0.2) is 21.0 Å². The minimum Gasteiger partial charge on any atom is -0.313 e. The molecule has 2 N–H and O–H groups in total. The highest BCUT2D eigenvalue weighted by Crippen LogP contribution is 2.33. The van der Waals surface area contributed by atoms with E-state index in [1.807, 2.05) is 19.9 Å². The molecule has 20 heavy (non-hydrogen) atoms. The molecule has 1 saturated carbocycles. The van der Waals surface area contributed by atoms with Crippen molar-refractivity contribution < 1.29 is 8.42 Å². The Morgan fingerprint density at radius 1 is 1.40 bits per heavy atom. The number of hydrogen-bond acceptors (Lipinski definition) is 3. The van der Waals surface area contributed by atoms with Crippen molar-refractivity contribution in [3.05, 3.63) is 28.2 Å². The highest BCUT2D eigenvalue weighted by atomic mass is 79.9. The molecule has 0 saturated heterocycles. The van der Waals surface area contributed by atoms with Gasteiger partial charge in [0.15, 0.2) is 0 Å². The zero-order valence-electron chi connectivity index (χ0n) is 11.8. The normalized spacial score (nSPS) is 17.1. The zero-order chi connectivity index (χ0) is 14.8. The van der Waals surface area contributed by atoms with Gasteiger partial charge in [0, 0.05) is 17.1 Å². The van der Waals surface area contributed by atoms with Gasteiger partial charge in [-0.2, -0.15) is 0 Å². The van der Waals surface area contributed by atoms with Crippen LogP contribution < -0.4 is 10.0 Å². The maximum absolute atomic E-state index is 12.5. The van der Waals surface area contributed by atoms with E-state index in [1.54, 1.807) is 12.1 Å². The Bertz CT molecular complexity index is 571. The molecule has 0 spiro atoms. The molecule has 2 rings (SSSR count). The average molecular weight is 361 g/mol. The summed E-state index contributed by atoms with van der Waals surface area (Å²) in [6, 6.07) is 5.46. The summed E-state index contributed by atoms with van der Waals surface area (Å²) in [4.78, 5) is 0.320. The van der Waals surface area contributed by atoms with Crippen LogP contribution in [0.2, 0.25) is 0 Å². The van der Waals surface area contributed by atoms with Crippen molar-refractivity contribution in [2.45, 2.75) is 44.2 Å². The lowest BCUT2D eigenvalue weighted by atomic mass is 10.2. The van der Waals surface area contributed by atoms with Gasteiger partial charge in [-0.05, 0) is 65.9 Å². The highest BCUT2D eigenvalue weighted by Gasteiger charge is 2.31. The summed E-state index contributed by atoms with van der Waals surface area (Å²) in [6.07, 6.45) is 2.23. The Morgan fingerprint density at radius 3 is 2.70 bits per heavy atom. The summed E-state index contributed by atoms with van der Waals surface area (Å²) < 4.78 is 28.3. The number of hydrogen-bond donors (Lipinski definition) is 2. The van der Waals surface area contributed by atoms with Gasteiger partial charge in [-0.15, -0.1) is 0 Å². The Hall–Kier alpha value is -0.430. The van der Waals surface area contributed by atoms with E-state index in [1.165, 1.54) is 0 Å². The van der Waals surface area contributed by atoms with Gasteiger partial charge in [-0.1, -0.05) is 13.0 Å². The lowest BCUT2D eigenvalue weighted by Crippen LogP contribution is -2.34. The summed E-state index contributed by atoms with van der Waals surface area (Å²) in [5.41, 5.74) is 0.967. The fourth-order valence-electron chi connectivity index (χ4n) is 2.13. The van der Waals surface area contributed by atoms with Crippen LogP contribution in [-0.2, 0) is 16.6 Å². The van der Waals surface area contributed by atoms with Crippen molar-refractivity contribution in [2.24, 2.45) is 5.92 Å². The fourth-order valence-corrected chi connectivity index (χ4v) is 4.46. The van der Waals surface area contributed by atoms with Gasteiger partial charge < -0.3 is 5.32 Å². The molecule has 4 nitrogen and oxygen atoms in total. The lowest BCUT2D eigenvalue weighted by Gasteiger charge is -2.15. The Labute approximate surface area is 129 Å². The Balaban J connectivity index is 2.20. The van der Waals surface area contributed by atoms with Crippen molar-refractivity contribution in [2.75, 3.05) is 6.54 Å². The van der Waals surface area contributed by atoms with E-state index in [-0.39, 0.29) is 6.04 Å². The maximum Gasteiger partial charge on any atom is 0.241 e. The SMILES string of the molecule is CCNCc1ccc(Br)c(S(=O)(=O)NC(C)C2CC2)c1. The Kier molecular flexibility index (Phi) is 5.23. The number of sulfonamides is 1. The van der Waals surface area contributed by atoms with Crippen LogP contribution >= 0.6 is 15.9 Å². The van der Waals surface area contributed by atoms with Crippen LogP contribution in [0.25, 0.3) is 0 Å². The average Bonchev–Trinajstić information content (AvgIpc) is 3.21. The first-order valence-corrected chi connectivity index (χ1v) is 9.23. The first kappa shape index (κ1) is 15.9. The minimum absolute atomic E-state index is 0.00400. The van der Waals surface area contributed by atoms with Gasteiger partial charge in [0.25, 0.3) is 0 Å². The summed E-state index contributed by atoms with van der Waals surface area (Å²) >= 11 is 3.34. The molecule has 1 fully saturated rings. The number of rotatable bonds is 7. The third kappa shape index (κ3) is 4.04. The molecule has 6 heteroatoms. The molecular weight excluding hydrogens is 340 g/mol. The smallest absolute Gasteiger partial charge is 0.241 e. The molecule has 1 unspecified atom stereocenters. The fraction of sp³-hybridized carbons (Fsp3) is 0.571. The third-order valence-electron chi connectivity index (χ3n) is 3.53. The topological polar surface area (TPSA) is 58.2 Å². The van der Waals surface area contributed by atoms with Gasteiger partial charge >= 0.3 is 0 Å². The molecule has 0 aromatic heterocycles. The highest BCUT2D eigenvalue weighted by molar-refractivity contribution is 9.10. The largest absolute Gasteiger partial charge is 0.313 e. The monoisotopic (exact) mass is 360 g/mol. The summed E-state index contributed by atoms with van der Waals surface area (Å²) in [5.74, 6) is 0.494. The molecule has 112 valence electrons. The van der Waals surface area contributed by atoms with E-state index >= 15 is 0 Å². The Morgan fingerprint density at radius 2 is 2.10 bits per heavy atom. The van der Waals surface area contributed by atoms with Crippen molar-refractivity contribution in [1.29, 1.82) is 0 Å². The van der Waals surface area contributed by atoms with E-state index in [0.717, 1.165) is 24.9 Å². The quantitative estimate of drug-likeness (QED) is 0.785. The molecule has 1 atom stereocenters. The second kappa shape index (κ2) is 6.56. The number of nitrogens with one attached hydrogen (secondary N) is 2. The van der Waals surface area contributed by atoms with Crippen molar-refractivity contribution >= 4 is 26.0 Å². The van der Waals surface area contributed by atoms with Crippen LogP contribution in [0, 0.1) is 5.92 Å². The van der Waals surface area contributed by atoms with E-state index in [4.69, 9.17) is 0 Å². The molecule has 0 aliphatic heterocycles. The summed E-state index contributed by atoms with van der Waals surface area (Å²) in [7, 11) is -3.47. The van der Waals surface area contributed by atoms with Crippen LogP contribution in [0.3, 0.4) is 0 Å². The lowest BCUT2D eigenvalue weighted by molar-refractivity contribution is 0.537. The van der Waals surface area contributed by atoms with Crippen molar-refractivity contribution in [1.82, 2.24) is 10.0 Å². The van der Waals surface area contributed by atoms with Gasteiger partial charge in [0.2, 0.25) is 10.0 Å². The predicted octanol–water partition coefficient (Wildman–Crippen LogP) is 2.64. The molecule has 0 amide bonds. The van der Waals surface area contributed by atoms with Gasteiger partial charge in [-0.3, -0.25) is 0 Å². The summed E-state index contributed by atoms with van der Waals surface area (Å²) in [5, 5.41) is 3.20. The van der Waals surface area contributed by atoms with Crippen LogP contribution in [0.1, 0.15) is 32.3 Å². The van der Waals surface area contributed by atoms with E-state index in [9.17, 15) is 8.42 Å². The van der Waals surface area contributed by atoms with Crippen LogP contribution in [0.15, 0.2) is 27.6 Å². The molecular formula is C14H21BrN2O2S. The van der Waals surface area contributed by atoms with Crippen molar-refractivity contribution in [3.63, 3.8) is 0 Å². The van der Waals surface area contributed by atoms with Crippen LogP contribution in [0.4, 0.5) is 0 Å². The zero-order valence-corrected chi connectivity index (χ0v) is 14.2. The van der Waals surface area contributed by atoms with Gasteiger partial charge in [-0.25, -0.2) is 13.1 Å². The third-order valence-corrected chi connectivity index (χ3v) is 6.09. The minimum atomic E-state index is -3.47. The van der Waals surface area contributed by atoms with Crippen LogP contribution in [0.5, 0.6) is 0 Å². The molecule has 0 heterocycles. The van der Waals surface area contributed by atoms with Crippen molar-refractivity contribution in [3.8, 4) is 0 Å². The van der Waals surface area contributed by atoms with Gasteiger partial charge in [0.05, 0.1) is 4.90 Å². The first-order valence-electron chi connectivity index (χ1n) is 6.95. The predicted molar refractivity (Wildman–Crippen MR) is 84.0 cm³/mol. The molecule has 0 bridgehead atoms. The van der Waals surface area contributed by atoms with E-state index in [0.29, 0.717) is 21.8 Å². The van der Waals surface area contributed by atoms with Gasteiger partial charge in [0.1, 0.15) is 0 Å². The number of benzene rings is 1. The molecule has 1 aliphatic rings. The molecule has 1 aromatic rings. The van der Waals surface area contributed by atoms with E-state index in [2.05, 4.69) is 26.0 Å². The second-order valence-corrected chi connectivity index (χ2v) is 7.83. The number of halogens is 1. The summed E-state index contributed by atoms with van der Waals surface area (Å²) in [6.45, 7) is 5.49. The molecule has 0 radical (unpaired) electrons. The standard InChI is InChI=1S/C14H21BrN2O2S/c1-3-16-9-11-4-7-13(15)14(8-11)20(18,19)17-10(2)12-5-6-12/h4,7-8,10,12,16-17H,3,5-6,9H2,1-2H3.